The summed E-state index contributed by atoms with van der Waals surface area (Å²) in [7, 11) is 0. The molecule has 5 heteroatoms. The van der Waals surface area contributed by atoms with Gasteiger partial charge in [0.25, 0.3) is 0 Å². The number of likely N-dealkylation sites (tertiary alicyclic amines) is 1. The first kappa shape index (κ1) is 11.7. The maximum atomic E-state index is 11.0. The lowest BCUT2D eigenvalue weighted by Crippen LogP contribution is -2.35. The maximum Gasteiger partial charge on any atom is 0.320 e. The van der Waals surface area contributed by atoms with Crippen LogP contribution in [0.1, 0.15) is 18.4 Å². The minimum Gasteiger partial charge on any atom is -0.508 e. The van der Waals surface area contributed by atoms with Crippen LogP contribution in [0.4, 0.5) is 5.69 Å². The fraction of sp³-hybridized carbons (Fsp3) is 0.417. The van der Waals surface area contributed by atoms with E-state index in [1.807, 2.05) is 4.90 Å². The molecule has 0 amide bonds. The second-order valence-corrected chi connectivity index (χ2v) is 4.31. The zero-order valence-electron chi connectivity index (χ0n) is 9.47. The number of benzene rings is 1. The summed E-state index contributed by atoms with van der Waals surface area (Å²) in [6.07, 6.45) is 1.52. The molecule has 92 valence electrons. The van der Waals surface area contributed by atoms with Crippen LogP contribution in [0, 0.1) is 0 Å². The Kier molecular flexibility index (Phi) is 3.19. The Hall–Kier alpha value is -1.75. The molecule has 4 N–H and O–H groups in total. The first-order valence-corrected chi connectivity index (χ1v) is 5.63. The van der Waals surface area contributed by atoms with Gasteiger partial charge >= 0.3 is 5.97 Å². The quantitative estimate of drug-likeness (QED) is 0.682. The molecule has 17 heavy (non-hydrogen) atoms. The van der Waals surface area contributed by atoms with Crippen molar-refractivity contribution in [2.24, 2.45) is 0 Å². The molecule has 1 fully saturated rings. The van der Waals surface area contributed by atoms with E-state index < -0.39 is 12.0 Å². The van der Waals surface area contributed by atoms with E-state index in [1.165, 1.54) is 0 Å². The van der Waals surface area contributed by atoms with E-state index in [4.69, 9.17) is 10.8 Å². The Morgan fingerprint density at radius 3 is 2.94 bits per heavy atom. The van der Waals surface area contributed by atoms with Crippen LogP contribution in [-0.2, 0) is 11.3 Å². The lowest BCUT2D eigenvalue weighted by molar-refractivity contribution is -0.142. The third kappa shape index (κ3) is 2.34. The second kappa shape index (κ2) is 4.63. The monoisotopic (exact) mass is 236 g/mol. The molecule has 0 spiro atoms. The van der Waals surface area contributed by atoms with Gasteiger partial charge in [0.05, 0.1) is 0 Å². The van der Waals surface area contributed by atoms with E-state index >= 15 is 0 Å². The van der Waals surface area contributed by atoms with Crippen molar-refractivity contribution in [3.8, 4) is 5.75 Å². The molecule has 1 atom stereocenters. The molecule has 1 aliphatic heterocycles. The average molecular weight is 236 g/mol. The molecule has 1 aliphatic rings. The smallest absolute Gasteiger partial charge is 0.320 e. The number of rotatable bonds is 3. The first-order valence-electron chi connectivity index (χ1n) is 5.63. The Morgan fingerprint density at radius 1 is 1.53 bits per heavy atom. The maximum absolute atomic E-state index is 11.0. The number of anilines is 1. The van der Waals surface area contributed by atoms with Crippen molar-refractivity contribution in [2.75, 3.05) is 12.3 Å². The number of aliphatic carboxylic acids is 1. The Bertz CT molecular complexity index is 414. The molecule has 1 heterocycles. The van der Waals surface area contributed by atoms with E-state index in [0.29, 0.717) is 24.2 Å². The molecule has 1 aromatic carbocycles. The summed E-state index contributed by atoms with van der Waals surface area (Å²) in [6.45, 7) is 1.11. The number of aromatic hydroxyl groups is 1. The van der Waals surface area contributed by atoms with Gasteiger partial charge in [0, 0.05) is 17.8 Å². The average Bonchev–Trinajstić information content (AvgIpc) is 2.72. The highest BCUT2D eigenvalue weighted by Gasteiger charge is 2.31. The molecular formula is C12H16N2O3. The van der Waals surface area contributed by atoms with Crippen molar-refractivity contribution in [1.29, 1.82) is 0 Å². The number of carboxylic acid groups (broad SMARTS) is 1. The van der Waals surface area contributed by atoms with Gasteiger partial charge < -0.3 is 15.9 Å². The summed E-state index contributed by atoms with van der Waals surface area (Å²) in [4.78, 5) is 12.9. The summed E-state index contributed by atoms with van der Waals surface area (Å²) in [5.41, 5.74) is 6.90. The zero-order valence-corrected chi connectivity index (χ0v) is 9.47. The molecule has 1 aromatic rings. The minimum atomic E-state index is -0.809. The molecule has 1 saturated heterocycles. The summed E-state index contributed by atoms with van der Waals surface area (Å²) in [5.74, 6) is -0.683. The van der Waals surface area contributed by atoms with Gasteiger partial charge in [0.2, 0.25) is 0 Å². The number of nitrogens with two attached hydrogens (primary N) is 1. The lowest BCUT2D eigenvalue weighted by Gasteiger charge is -2.22. The van der Waals surface area contributed by atoms with Gasteiger partial charge in [-0.3, -0.25) is 9.69 Å². The molecular weight excluding hydrogens is 220 g/mol. The lowest BCUT2D eigenvalue weighted by atomic mass is 10.1. The van der Waals surface area contributed by atoms with Crippen molar-refractivity contribution in [1.82, 2.24) is 4.90 Å². The Balaban J connectivity index is 2.18. The number of carboxylic acids is 1. The predicted octanol–water partition coefficient (Wildman–Crippen LogP) is 1.02. The third-order valence-corrected chi connectivity index (χ3v) is 3.20. The summed E-state index contributed by atoms with van der Waals surface area (Å²) in [5, 5.41) is 18.8. The van der Waals surface area contributed by atoms with E-state index in [-0.39, 0.29) is 5.75 Å². The molecule has 0 aromatic heterocycles. The van der Waals surface area contributed by atoms with E-state index in [1.54, 1.807) is 18.2 Å². The molecule has 5 nitrogen and oxygen atoms in total. The highest BCUT2D eigenvalue weighted by Crippen LogP contribution is 2.28. The summed E-state index contributed by atoms with van der Waals surface area (Å²) < 4.78 is 0. The topological polar surface area (TPSA) is 86.8 Å². The van der Waals surface area contributed by atoms with Crippen LogP contribution in [-0.4, -0.2) is 33.7 Å². The molecule has 0 aliphatic carbocycles. The minimum absolute atomic E-state index is 0.126. The normalized spacial score (nSPS) is 20.6. The molecule has 0 bridgehead atoms. The van der Waals surface area contributed by atoms with Crippen molar-refractivity contribution < 1.29 is 15.0 Å². The number of hydrogen-bond acceptors (Lipinski definition) is 4. The van der Waals surface area contributed by atoms with Gasteiger partial charge in [-0.05, 0) is 31.5 Å². The first-order chi connectivity index (χ1) is 8.09. The van der Waals surface area contributed by atoms with Crippen LogP contribution in [0.5, 0.6) is 5.75 Å². The number of nitrogens with zero attached hydrogens (tertiary/aromatic N) is 1. The van der Waals surface area contributed by atoms with Crippen molar-refractivity contribution in [3.63, 3.8) is 0 Å². The summed E-state index contributed by atoms with van der Waals surface area (Å²) in [6, 6.07) is 4.49. The van der Waals surface area contributed by atoms with E-state index in [0.717, 1.165) is 13.0 Å². The van der Waals surface area contributed by atoms with Gasteiger partial charge in [-0.1, -0.05) is 6.07 Å². The van der Waals surface area contributed by atoms with Crippen LogP contribution in [0.15, 0.2) is 18.2 Å². The summed E-state index contributed by atoms with van der Waals surface area (Å²) >= 11 is 0. The number of carbonyl (C=O) groups is 1. The number of nitrogen functional groups attached to an aromatic ring is 1. The predicted molar refractivity (Wildman–Crippen MR) is 63.6 cm³/mol. The van der Waals surface area contributed by atoms with Crippen molar-refractivity contribution in [2.45, 2.75) is 25.4 Å². The SMILES string of the molecule is Nc1cccc(O)c1CN1CCCC1C(=O)O. The van der Waals surface area contributed by atoms with Crippen LogP contribution >= 0.6 is 0 Å². The second-order valence-electron chi connectivity index (χ2n) is 4.31. The van der Waals surface area contributed by atoms with Gasteiger partial charge in [0.1, 0.15) is 11.8 Å². The van der Waals surface area contributed by atoms with Gasteiger partial charge in [-0.25, -0.2) is 0 Å². The standard InChI is InChI=1S/C12H16N2O3/c13-9-3-1-5-11(15)8(9)7-14-6-2-4-10(14)12(16)17/h1,3,5,10,15H,2,4,6-7,13H2,(H,16,17). The highest BCUT2D eigenvalue weighted by atomic mass is 16.4. The largest absolute Gasteiger partial charge is 0.508 e. The number of phenolic OH excluding ortho intramolecular Hbond substituents is 1. The third-order valence-electron chi connectivity index (χ3n) is 3.20. The van der Waals surface area contributed by atoms with Crippen molar-refractivity contribution in [3.05, 3.63) is 23.8 Å². The highest BCUT2D eigenvalue weighted by molar-refractivity contribution is 5.73. The van der Waals surface area contributed by atoms with Gasteiger partial charge in [-0.2, -0.15) is 0 Å². The Morgan fingerprint density at radius 2 is 2.29 bits per heavy atom. The molecule has 0 saturated carbocycles. The van der Waals surface area contributed by atoms with Gasteiger partial charge in [-0.15, -0.1) is 0 Å². The molecule has 2 rings (SSSR count). The van der Waals surface area contributed by atoms with Crippen LogP contribution in [0.25, 0.3) is 0 Å². The van der Waals surface area contributed by atoms with Gasteiger partial charge in [0.15, 0.2) is 0 Å². The van der Waals surface area contributed by atoms with E-state index in [9.17, 15) is 9.90 Å². The number of phenols is 1. The van der Waals surface area contributed by atoms with Crippen LogP contribution in [0.2, 0.25) is 0 Å². The van der Waals surface area contributed by atoms with E-state index in [2.05, 4.69) is 0 Å². The Labute approximate surface area is 99.5 Å². The molecule has 0 radical (unpaired) electrons. The van der Waals surface area contributed by atoms with Crippen LogP contribution in [0.3, 0.4) is 0 Å². The fourth-order valence-corrected chi connectivity index (χ4v) is 2.26. The zero-order chi connectivity index (χ0) is 12.4. The number of hydrogen-bond donors (Lipinski definition) is 3. The molecule has 1 unspecified atom stereocenters. The fourth-order valence-electron chi connectivity index (χ4n) is 2.26. The van der Waals surface area contributed by atoms with Crippen molar-refractivity contribution >= 4 is 11.7 Å². The van der Waals surface area contributed by atoms with Crippen LogP contribution < -0.4 is 5.73 Å².